The zero-order valence-corrected chi connectivity index (χ0v) is 14.7. The topological polar surface area (TPSA) is 98.5 Å². The fourth-order valence-electron chi connectivity index (χ4n) is 2.55. The Bertz CT molecular complexity index is 707. The molecular formula is C16H24N2O4S. The minimum atomic E-state index is -3.15. The minimum absolute atomic E-state index is 0.0354. The van der Waals surface area contributed by atoms with E-state index in [1.807, 2.05) is 6.07 Å². The average Bonchev–Trinajstić information content (AvgIpc) is 3.03. The maximum Gasteiger partial charge on any atom is 0.407 e. The summed E-state index contributed by atoms with van der Waals surface area (Å²) in [5.41, 5.74) is 7.38. The molecule has 0 saturated heterocycles. The molecule has 1 saturated carbocycles. The van der Waals surface area contributed by atoms with E-state index >= 15 is 0 Å². The minimum Gasteiger partial charge on any atom is -0.444 e. The molecule has 0 bridgehead atoms. The Labute approximate surface area is 137 Å². The first-order chi connectivity index (χ1) is 10.4. The number of anilines is 1. The van der Waals surface area contributed by atoms with E-state index in [1.54, 1.807) is 32.9 Å². The summed E-state index contributed by atoms with van der Waals surface area (Å²) in [6.07, 6.45) is 1.51. The van der Waals surface area contributed by atoms with Gasteiger partial charge in [-0.2, -0.15) is 0 Å². The summed E-state index contributed by atoms with van der Waals surface area (Å²) in [7, 11) is -3.15. The van der Waals surface area contributed by atoms with E-state index in [0.29, 0.717) is 11.3 Å². The summed E-state index contributed by atoms with van der Waals surface area (Å²) in [5.74, 6) is 0.0446. The second-order valence-corrected chi connectivity index (χ2v) is 9.26. The number of sulfone groups is 1. The van der Waals surface area contributed by atoms with Gasteiger partial charge in [0.2, 0.25) is 0 Å². The van der Waals surface area contributed by atoms with Crippen molar-refractivity contribution in [1.82, 2.24) is 5.32 Å². The third-order valence-corrected chi connectivity index (χ3v) is 4.31. The van der Waals surface area contributed by atoms with Crippen molar-refractivity contribution in [2.45, 2.75) is 50.5 Å². The van der Waals surface area contributed by atoms with Crippen LogP contribution in [-0.4, -0.2) is 32.4 Å². The van der Waals surface area contributed by atoms with Gasteiger partial charge in [0.1, 0.15) is 5.60 Å². The highest BCUT2D eigenvalue weighted by Gasteiger charge is 2.41. The van der Waals surface area contributed by atoms with Crippen molar-refractivity contribution in [3.05, 3.63) is 29.3 Å². The normalized spacial score (nSPS) is 20.9. The Morgan fingerprint density at radius 2 is 2.04 bits per heavy atom. The number of nitrogens with one attached hydrogen (secondary N) is 1. The van der Waals surface area contributed by atoms with Crippen LogP contribution in [0.2, 0.25) is 0 Å². The van der Waals surface area contributed by atoms with Gasteiger partial charge in [0.05, 0.1) is 5.75 Å². The third kappa shape index (κ3) is 5.42. The van der Waals surface area contributed by atoms with Crippen LogP contribution in [0.3, 0.4) is 0 Å². The number of ether oxygens (including phenoxy) is 1. The molecule has 6 nitrogen and oxygen atoms in total. The highest BCUT2D eigenvalue weighted by atomic mass is 32.2. The zero-order chi connectivity index (χ0) is 17.4. The lowest BCUT2D eigenvalue weighted by Crippen LogP contribution is -2.34. The molecule has 0 spiro atoms. The van der Waals surface area contributed by atoms with E-state index in [1.165, 1.54) is 6.26 Å². The van der Waals surface area contributed by atoms with Crippen LogP contribution in [0.15, 0.2) is 18.2 Å². The predicted octanol–water partition coefficient (Wildman–Crippen LogP) is 2.19. The summed E-state index contributed by atoms with van der Waals surface area (Å²) >= 11 is 0. The number of carbonyl (C=O) groups excluding carboxylic acids is 1. The van der Waals surface area contributed by atoms with Crippen molar-refractivity contribution in [2.24, 2.45) is 0 Å². The molecule has 1 aliphatic rings. The maximum atomic E-state index is 11.8. The van der Waals surface area contributed by atoms with Gasteiger partial charge in [0.15, 0.2) is 9.84 Å². The van der Waals surface area contributed by atoms with Gasteiger partial charge in [0.25, 0.3) is 0 Å². The molecule has 2 unspecified atom stereocenters. The molecule has 0 aliphatic heterocycles. The molecular weight excluding hydrogens is 316 g/mol. The van der Waals surface area contributed by atoms with Gasteiger partial charge in [0, 0.05) is 23.9 Å². The van der Waals surface area contributed by atoms with Crippen molar-refractivity contribution in [3.8, 4) is 0 Å². The van der Waals surface area contributed by atoms with Gasteiger partial charge in [-0.3, -0.25) is 0 Å². The highest BCUT2D eigenvalue weighted by molar-refractivity contribution is 7.89. The van der Waals surface area contributed by atoms with Gasteiger partial charge in [-0.25, -0.2) is 13.2 Å². The lowest BCUT2D eigenvalue weighted by molar-refractivity contribution is 0.0522. The Hall–Kier alpha value is -1.76. The molecule has 1 aromatic rings. The van der Waals surface area contributed by atoms with Crippen molar-refractivity contribution in [1.29, 1.82) is 0 Å². The lowest BCUT2D eigenvalue weighted by Gasteiger charge is -2.19. The molecule has 0 aromatic heterocycles. The summed E-state index contributed by atoms with van der Waals surface area (Å²) in [6, 6.07) is 5.26. The smallest absolute Gasteiger partial charge is 0.407 e. The molecule has 23 heavy (non-hydrogen) atoms. The molecule has 2 atom stereocenters. The van der Waals surface area contributed by atoms with Crippen molar-refractivity contribution in [3.63, 3.8) is 0 Å². The first-order valence-electron chi connectivity index (χ1n) is 7.50. The first-order valence-corrected chi connectivity index (χ1v) is 9.56. The first kappa shape index (κ1) is 17.6. The van der Waals surface area contributed by atoms with Crippen LogP contribution >= 0.6 is 0 Å². The van der Waals surface area contributed by atoms with Gasteiger partial charge in [-0.15, -0.1) is 0 Å². The fraction of sp³-hybridized carbons (Fsp3) is 0.562. The van der Waals surface area contributed by atoms with E-state index in [-0.39, 0.29) is 17.7 Å². The van der Waals surface area contributed by atoms with Gasteiger partial charge >= 0.3 is 6.09 Å². The van der Waals surface area contributed by atoms with Crippen molar-refractivity contribution in [2.75, 3.05) is 12.0 Å². The molecule has 2 rings (SSSR count). The molecule has 7 heteroatoms. The van der Waals surface area contributed by atoms with E-state index in [4.69, 9.17) is 10.5 Å². The van der Waals surface area contributed by atoms with Gasteiger partial charge in [-0.1, -0.05) is 6.07 Å². The van der Waals surface area contributed by atoms with Gasteiger partial charge in [-0.05, 0) is 50.5 Å². The molecule has 0 radical (unpaired) electrons. The molecule has 1 amide bonds. The predicted molar refractivity (Wildman–Crippen MR) is 89.9 cm³/mol. The molecule has 128 valence electrons. The SMILES string of the molecule is CC(C)(C)OC(=O)NC1CC1c1ccc(N)cc1CS(C)(=O)=O. The van der Waals surface area contributed by atoms with E-state index in [0.717, 1.165) is 12.0 Å². The summed E-state index contributed by atoms with van der Waals surface area (Å²) in [4.78, 5) is 11.8. The number of nitrogen functional groups attached to an aromatic ring is 1. The van der Waals surface area contributed by atoms with Crippen LogP contribution in [0.25, 0.3) is 0 Å². The molecule has 1 aliphatic carbocycles. The maximum absolute atomic E-state index is 11.8. The van der Waals surface area contributed by atoms with E-state index < -0.39 is 21.5 Å². The fourth-order valence-corrected chi connectivity index (χ4v) is 3.37. The summed E-state index contributed by atoms with van der Waals surface area (Å²) in [5, 5.41) is 2.82. The number of amides is 1. The largest absolute Gasteiger partial charge is 0.444 e. The van der Waals surface area contributed by atoms with Crippen molar-refractivity contribution < 1.29 is 17.9 Å². The number of rotatable bonds is 4. The summed E-state index contributed by atoms with van der Waals surface area (Å²) in [6.45, 7) is 5.42. The molecule has 1 aromatic carbocycles. The standard InChI is InChI=1S/C16H24N2O4S/c1-16(2,3)22-15(19)18-14-8-13(14)12-6-5-11(17)7-10(12)9-23(4,20)21/h5-7,13-14H,8-9,17H2,1-4H3,(H,18,19). The zero-order valence-electron chi connectivity index (χ0n) is 13.9. The van der Waals surface area contributed by atoms with Gasteiger partial charge < -0.3 is 15.8 Å². The number of alkyl carbamates (subject to hydrolysis) is 1. The highest BCUT2D eigenvalue weighted by Crippen LogP contribution is 2.43. The second-order valence-electron chi connectivity index (χ2n) is 7.12. The Balaban J connectivity index is 2.08. The molecule has 0 heterocycles. The van der Waals surface area contributed by atoms with Crippen molar-refractivity contribution >= 4 is 21.6 Å². The molecule has 3 N–H and O–H groups in total. The lowest BCUT2D eigenvalue weighted by atomic mass is 10.0. The number of hydrogen-bond acceptors (Lipinski definition) is 5. The van der Waals surface area contributed by atoms with E-state index in [9.17, 15) is 13.2 Å². The Kier molecular flexibility index (Phi) is 4.61. The second kappa shape index (κ2) is 6.03. The third-order valence-electron chi connectivity index (χ3n) is 3.48. The number of nitrogens with two attached hydrogens (primary N) is 1. The van der Waals surface area contributed by atoms with Crippen LogP contribution in [0.4, 0.5) is 10.5 Å². The van der Waals surface area contributed by atoms with Crippen LogP contribution in [0.5, 0.6) is 0 Å². The van der Waals surface area contributed by atoms with Crippen LogP contribution < -0.4 is 11.1 Å². The van der Waals surface area contributed by atoms with Crippen LogP contribution in [-0.2, 0) is 20.3 Å². The quantitative estimate of drug-likeness (QED) is 0.819. The Morgan fingerprint density at radius 3 is 2.61 bits per heavy atom. The molecule has 1 fully saturated rings. The van der Waals surface area contributed by atoms with Crippen LogP contribution in [0.1, 0.15) is 44.2 Å². The summed E-state index contributed by atoms with van der Waals surface area (Å²) < 4.78 is 28.4. The Morgan fingerprint density at radius 1 is 1.39 bits per heavy atom. The number of hydrogen-bond donors (Lipinski definition) is 2. The average molecular weight is 340 g/mol. The monoisotopic (exact) mass is 340 g/mol. The number of carbonyl (C=O) groups is 1. The van der Waals surface area contributed by atoms with E-state index in [2.05, 4.69) is 5.32 Å². The van der Waals surface area contributed by atoms with Crippen LogP contribution in [0, 0.1) is 0 Å². The number of benzene rings is 1.